The summed E-state index contributed by atoms with van der Waals surface area (Å²) >= 11 is 0. The highest BCUT2D eigenvalue weighted by molar-refractivity contribution is 5.85. The van der Waals surface area contributed by atoms with E-state index in [2.05, 4.69) is 33.7 Å². The van der Waals surface area contributed by atoms with Crippen molar-refractivity contribution in [3.63, 3.8) is 0 Å². The zero-order valence-electron chi connectivity index (χ0n) is 19.3. The maximum atomic E-state index is 12.7. The highest BCUT2D eigenvalue weighted by Crippen LogP contribution is 2.25. The normalized spacial score (nSPS) is 12.6. The number of benzene rings is 2. The van der Waals surface area contributed by atoms with Gasteiger partial charge in [-0.05, 0) is 42.7 Å². The van der Waals surface area contributed by atoms with Crippen LogP contribution >= 0.6 is 0 Å². The number of aliphatic hydroxyl groups excluding tert-OH is 1. The van der Waals surface area contributed by atoms with Gasteiger partial charge in [0, 0.05) is 0 Å². The van der Waals surface area contributed by atoms with Gasteiger partial charge < -0.3 is 20.9 Å². The molecular weight excluding hydrogens is 430 g/mol. The lowest BCUT2D eigenvalue weighted by Gasteiger charge is -2.24. The van der Waals surface area contributed by atoms with E-state index in [0.717, 1.165) is 16.7 Å². The third kappa shape index (κ3) is 5.14. The fourth-order valence-electron chi connectivity index (χ4n) is 3.74. The number of nitrogens with one attached hydrogen (secondary N) is 1. The molecule has 34 heavy (non-hydrogen) atoms. The molecule has 2 aromatic heterocycles. The Morgan fingerprint density at radius 1 is 1.06 bits per heavy atom. The number of aromatic nitrogens is 3. The summed E-state index contributed by atoms with van der Waals surface area (Å²) < 4.78 is 7.84. The van der Waals surface area contributed by atoms with Gasteiger partial charge in [0.2, 0.25) is 5.91 Å². The lowest BCUT2D eigenvalue weighted by Crippen LogP contribution is -2.51. The van der Waals surface area contributed by atoms with Gasteiger partial charge in [0.05, 0.1) is 31.1 Å². The fraction of sp³-hybridized carbons (Fsp3) is 0.269. The van der Waals surface area contributed by atoms with Crippen LogP contribution in [0, 0.1) is 0 Å². The lowest BCUT2D eigenvalue weighted by molar-refractivity contribution is -0.126. The highest BCUT2D eigenvalue weighted by atomic mass is 16.5. The fourth-order valence-corrected chi connectivity index (χ4v) is 3.74. The predicted octanol–water partition coefficient (Wildman–Crippen LogP) is 3.00. The topological polar surface area (TPSA) is 115 Å². The Labute approximate surface area is 198 Å². The molecule has 4 N–H and O–H groups in total. The molecule has 8 heteroatoms. The number of amides is 1. The van der Waals surface area contributed by atoms with Gasteiger partial charge in [-0.15, -0.1) is 10.2 Å². The first kappa shape index (κ1) is 23.6. The van der Waals surface area contributed by atoms with E-state index in [0.29, 0.717) is 23.8 Å². The minimum atomic E-state index is -1.08. The smallest absolute Gasteiger partial charge is 0.240 e. The number of carbonyl (C=O) groups is 1. The maximum Gasteiger partial charge on any atom is 0.240 e. The minimum Gasteiger partial charge on any atom is -0.390 e. The molecule has 0 radical (unpaired) electrons. The van der Waals surface area contributed by atoms with Crippen molar-refractivity contribution >= 4 is 11.6 Å². The van der Waals surface area contributed by atoms with E-state index in [9.17, 15) is 9.90 Å². The Morgan fingerprint density at radius 3 is 2.53 bits per heavy atom. The van der Waals surface area contributed by atoms with Gasteiger partial charge in [0.1, 0.15) is 6.04 Å². The van der Waals surface area contributed by atoms with E-state index < -0.39 is 11.6 Å². The molecule has 0 saturated carbocycles. The summed E-state index contributed by atoms with van der Waals surface area (Å²) in [5.74, 6) is 0.123. The molecule has 2 heterocycles. The highest BCUT2D eigenvalue weighted by Gasteiger charge is 2.28. The number of hydrogen-bond acceptors (Lipinski definition) is 6. The summed E-state index contributed by atoms with van der Waals surface area (Å²) in [5, 5.41) is 21.3. The quantitative estimate of drug-likeness (QED) is 0.354. The molecule has 0 aliphatic rings. The molecule has 4 rings (SSSR count). The first-order chi connectivity index (χ1) is 16.4. The van der Waals surface area contributed by atoms with E-state index in [4.69, 9.17) is 10.5 Å². The van der Waals surface area contributed by atoms with Crippen LogP contribution in [0.1, 0.15) is 37.0 Å². The number of hydrogen-bond donors (Lipinski definition) is 3. The predicted molar refractivity (Wildman–Crippen MR) is 130 cm³/mol. The Bertz CT molecular complexity index is 1260. The SMILES string of the molecule is CC(C)(N)C(=O)N[C@H](COCc1ccccc1-c1ccccc1)c1nnc2cccc(CO)n12. The van der Waals surface area contributed by atoms with Crippen LogP contribution in [-0.2, 0) is 22.7 Å². The second-order valence-corrected chi connectivity index (χ2v) is 8.71. The number of ether oxygens (including phenoxy) is 1. The molecule has 0 unspecified atom stereocenters. The van der Waals surface area contributed by atoms with Crippen molar-refractivity contribution in [1.29, 1.82) is 0 Å². The summed E-state index contributed by atoms with van der Waals surface area (Å²) in [6.07, 6.45) is 0. The molecule has 0 aliphatic heterocycles. The zero-order valence-corrected chi connectivity index (χ0v) is 19.3. The average molecular weight is 460 g/mol. The summed E-state index contributed by atoms with van der Waals surface area (Å²) in [6.45, 7) is 3.56. The van der Waals surface area contributed by atoms with E-state index in [1.165, 1.54) is 0 Å². The zero-order chi connectivity index (χ0) is 24.1. The van der Waals surface area contributed by atoms with Crippen molar-refractivity contribution in [2.45, 2.75) is 38.6 Å². The summed E-state index contributed by atoms with van der Waals surface area (Å²) in [7, 11) is 0. The molecule has 8 nitrogen and oxygen atoms in total. The van der Waals surface area contributed by atoms with Crippen molar-refractivity contribution < 1.29 is 14.6 Å². The third-order valence-electron chi connectivity index (χ3n) is 5.54. The van der Waals surface area contributed by atoms with E-state index >= 15 is 0 Å². The average Bonchev–Trinajstić information content (AvgIpc) is 3.28. The molecule has 4 aromatic rings. The molecule has 2 aromatic carbocycles. The van der Waals surface area contributed by atoms with Crippen LogP contribution in [0.2, 0.25) is 0 Å². The molecule has 1 amide bonds. The standard InChI is InChI=1S/C26H29N5O3/c1-26(2,27)25(33)28-22(24-30-29-23-14-8-12-20(15-32)31(23)24)17-34-16-19-11-6-7-13-21(19)18-9-4-3-5-10-18/h3-14,22,32H,15-17,27H2,1-2H3,(H,28,33)/t22-/m1/s1. The molecule has 176 valence electrons. The van der Waals surface area contributed by atoms with Gasteiger partial charge in [0.25, 0.3) is 0 Å². The van der Waals surface area contributed by atoms with Gasteiger partial charge >= 0.3 is 0 Å². The number of fused-ring (bicyclic) bond motifs is 1. The van der Waals surface area contributed by atoms with Gasteiger partial charge in [-0.1, -0.05) is 60.7 Å². The molecule has 0 spiro atoms. The van der Waals surface area contributed by atoms with Crippen LogP contribution in [0.3, 0.4) is 0 Å². The van der Waals surface area contributed by atoms with Crippen molar-refractivity contribution in [3.05, 3.63) is 89.9 Å². The Kier molecular flexibility index (Phi) is 7.02. The summed E-state index contributed by atoms with van der Waals surface area (Å²) in [4.78, 5) is 12.7. The second-order valence-electron chi connectivity index (χ2n) is 8.71. The van der Waals surface area contributed by atoms with Crippen molar-refractivity contribution in [1.82, 2.24) is 19.9 Å². The summed E-state index contributed by atoms with van der Waals surface area (Å²) in [6, 6.07) is 22.9. The van der Waals surface area contributed by atoms with Crippen LogP contribution < -0.4 is 11.1 Å². The number of nitrogens with zero attached hydrogens (tertiary/aromatic N) is 3. The third-order valence-corrected chi connectivity index (χ3v) is 5.54. The number of aliphatic hydroxyl groups is 1. The van der Waals surface area contributed by atoms with Gasteiger partial charge in [-0.2, -0.15) is 0 Å². The number of pyridine rings is 1. The Balaban J connectivity index is 1.60. The Hall–Kier alpha value is -3.59. The van der Waals surface area contributed by atoms with Crippen LogP contribution in [0.5, 0.6) is 0 Å². The monoisotopic (exact) mass is 459 g/mol. The van der Waals surface area contributed by atoms with Crippen LogP contribution in [0.15, 0.2) is 72.8 Å². The van der Waals surface area contributed by atoms with Crippen LogP contribution in [0.4, 0.5) is 0 Å². The van der Waals surface area contributed by atoms with E-state index in [-0.39, 0.29) is 19.1 Å². The maximum absolute atomic E-state index is 12.7. The number of rotatable bonds is 9. The molecule has 0 aliphatic carbocycles. The molecule has 0 saturated heterocycles. The summed E-state index contributed by atoms with van der Waals surface area (Å²) in [5.41, 5.74) is 9.33. The molecule has 0 fully saturated rings. The van der Waals surface area contributed by atoms with E-state index in [1.807, 2.05) is 36.4 Å². The van der Waals surface area contributed by atoms with E-state index in [1.54, 1.807) is 36.4 Å². The first-order valence-electron chi connectivity index (χ1n) is 11.1. The lowest BCUT2D eigenvalue weighted by atomic mass is 10.0. The van der Waals surface area contributed by atoms with Crippen LogP contribution in [0.25, 0.3) is 16.8 Å². The molecule has 0 bridgehead atoms. The van der Waals surface area contributed by atoms with Crippen molar-refractivity contribution in [2.24, 2.45) is 5.73 Å². The van der Waals surface area contributed by atoms with Crippen LogP contribution in [-0.4, -0.2) is 37.8 Å². The van der Waals surface area contributed by atoms with Crippen molar-refractivity contribution in [3.8, 4) is 11.1 Å². The minimum absolute atomic E-state index is 0.144. The van der Waals surface area contributed by atoms with Crippen molar-refractivity contribution in [2.75, 3.05) is 6.61 Å². The Morgan fingerprint density at radius 2 is 1.79 bits per heavy atom. The molecule has 1 atom stereocenters. The number of nitrogens with two attached hydrogens (primary N) is 1. The molecular formula is C26H29N5O3. The largest absolute Gasteiger partial charge is 0.390 e. The van der Waals surface area contributed by atoms with Gasteiger partial charge in [-0.3, -0.25) is 9.20 Å². The van der Waals surface area contributed by atoms with Gasteiger partial charge in [0.15, 0.2) is 11.5 Å². The van der Waals surface area contributed by atoms with Gasteiger partial charge in [-0.25, -0.2) is 0 Å². The first-order valence-corrected chi connectivity index (χ1v) is 11.1. The second kappa shape index (κ2) is 10.1. The number of carbonyl (C=O) groups excluding carboxylic acids is 1.